The molecule has 10 nitrogen and oxygen atoms in total. The number of carbonyl (C=O) groups is 1. The molecule has 0 unspecified atom stereocenters. The molecule has 2 aromatic carbocycles. The van der Waals surface area contributed by atoms with E-state index in [9.17, 15) is 14.9 Å². The van der Waals surface area contributed by atoms with Crippen LogP contribution in [0.25, 0.3) is 22.2 Å². The molecule has 0 fully saturated rings. The lowest BCUT2D eigenvalue weighted by Crippen LogP contribution is -2.11. The molecule has 0 aliphatic rings. The van der Waals surface area contributed by atoms with Crippen molar-refractivity contribution in [2.24, 2.45) is 7.05 Å². The lowest BCUT2D eigenvalue weighted by molar-refractivity contribution is -0.385. The number of benzene rings is 2. The highest BCUT2D eigenvalue weighted by Gasteiger charge is 2.21. The number of carbonyl (C=O) groups excluding carboxylic acids is 1. The molecule has 2 heterocycles. The molecule has 0 saturated heterocycles. The van der Waals surface area contributed by atoms with Crippen LogP contribution in [-0.2, 0) is 11.8 Å². The van der Waals surface area contributed by atoms with Gasteiger partial charge in [0.15, 0.2) is 0 Å². The molecule has 0 spiro atoms. The van der Waals surface area contributed by atoms with Crippen LogP contribution in [0.2, 0.25) is 0 Å². The summed E-state index contributed by atoms with van der Waals surface area (Å²) in [5.41, 5.74) is 3.69. The third kappa shape index (κ3) is 5.27. The summed E-state index contributed by atoms with van der Waals surface area (Å²) in [6.45, 7) is 2.30. The summed E-state index contributed by atoms with van der Waals surface area (Å²) in [4.78, 5) is 34.6. The van der Waals surface area contributed by atoms with Crippen molar-refractivity contribution in [1.82, 2.24) is 19.4 Å². The maximum Gasteiger partial charge on any atom is 0.341 e. The van der Waals surface area contributed by atoms with Crippen molar-refractivity contribution in [2.45, 2.75) is 6.92 Å². The third-order valence-corrected chi connectivity index (χ3v) is 5.75. The first-order valence-electron chi connectivity index (χ1n) is 11.4. The van der Waals surface area contributed by atoms with E-state index in [0.29, 0.717) is 23.5 Å². The van der Waals surface area contributed by atoms with E-state index in [1.54, 1.807) is 6.07 Å². The molecule has 4 aromatic rings. The van der Waals surface area contributed by atoms with Gasteiger partial charge in [-0.1, -0.05) is 30.0 Å². The van der Waals surface area contributed by atoms with Gasteiger partial charge in [-0.2, -0.15) is 0 Å². The van der Waals surface area contributed by atoms with E-state index in [-0.39, 0.29) is 17.2 Å². The number of rotatable bonds is 6. The number of hydrogen-bond donors (Lipinski definition) is 1. The summed E-state index contributed by atoms with van der Waals surface area (Å²) in [6.07, 6.45) is 3.28. The Morgan fingerprint density at radius 2 is 2.03 bits per heavy atom. The number of anilines is 2. The van der Waals surface area contributed by atoms with Crippen molar-refractivity contribution >= 4 is 34.2 Å². The first-order valence-corrected chi connectivity index (χ1v) is 11.4. The zero-order valence-electron chi connectivity index (χ0n) is 21.2. The molecule has 0 amide bonds. The van der Waals surface area contributed by atoms with E-state index < -0.39 is 10.9 Å². The summed E-state index contributed by atoms with van der Waals surface area (Å²) in [5, 5.41) is 15.8. The van der Waals surface area contributed by atoms with E-state index in [4.69, 9.17) is 4.74 Å². The molecule has 2 aromatic heterocycles. The van der Waals surface area contributed by atoms with Gasteiger partial charge in [0.2, 0.25) is 5.95 Å². The third-order valence-electron chi connectivity index (χ3n) is 5.75. The molecule has 1 N–H and O–H groups in total. The first-order chi connectivity index (χ1) is 17.7. The zero-order valence-corrected chi connectivity index (χ0v) is 21.2. The summed E-state index contributed by atoms with van der Waals surface area (Å²) in [5.74, 6) is 5.44. The molecule has 10 heteroatoms. The van der Waals surface area contributed by atoms with Crippen molar-refractivity contribution in [2.75, 3.05) is 33.1 Å². The first kappa shape index (κ1) is 25.3. The Morgan fingerprint density at radius 3 is 2.73 bits per heavy atom. The lowest BCUT2D eigenvalue weighted by atomic mass is 10.1. The highest BCUT2D eigenvalue weighted by Crippen LogP contribution is 2.33. The van der Waals surface area contributed by atoms with E-state index in [2.05, 4.69) is 27.1 Å². The Bertz CT molecular complexity index is 1580. The van der Waals surface area contributed by atoms with E-state index in [1.165, 1.54) is 19.4 Å². The number of fused-ring (bicyclic) bond motifs is 1. The Labute approximate surface area is 214 Å². The average molecular weight is 499 g/mol. The maximum absolute atomic E-state index is 12.5. The Balaban J connectivity index is 1.79. The van der Waals surface area contributed by atoms with Gasteiger partial charge in [0, 0.05) is 42.0 Å². The molecule has 188 valence electrons. The number of methoxy groups -OCH3 is 1. The molecule has 0 radical (unpaired) electrons. The van der Waals surface area contributed by atoms with Crippen LogP contribution >= 0.6 is 0 Å². The normalized spacial score (nSPS) is 10.8. The van der Waals surface area contributed by atoms with Crippen molar-refractivity contribution < 1.29 is 14.5 Å². The number of esters is 1. The zero-order chi connectivity index (χ0) is 26.7. The fourth-order valence-electron chi connectivity index (χ4n) is 3.93. The van der Waals surface area contributed by atoms with Gasteiger partial charge in [0.25, 0.3) is 5.69 Å². The minimum Gasteiger partial charge on any atom is -0.465 e. The predicted octanol–water partition coefficient (Wildman–Crippen LogP) is 4.30. The smallest absolute Gasteiger partial charge is 0.341 e. The number of aryl methyl sites for hydroxylation is 2. The Morgan fingerprint density at radius 1 is 1.27 bits per heavy atom. The summed E-state index contributed by atoms with van der Waals surface area (Å²) in [7, 11) is 6.96. The number of nitrogens with one attached hydrogen (secondary N) is 1. The molecule has 4 rings (SSSR count). The molecule has 0 aliphatic heterocycles. The fraction of sp³-hybridized carbons (Fsp3) is 0.222. The Hall–Kier alpha value is -4.75. The van der Waals surface area contributed by atoms with Gasteiger partial charge in [-0.15, -0.1) is 0 Å². The molecule has 0 saturated carbocycles. The summed E-state index contributed by atoms with van der Waals surface area (Å²) >= 11 is 0. The number of para-hydroxylation sites is 1. The number of hydrogen-bond acceptors (Lipinski definition) is 8. The van der Waals surface area contributed by atoms with Crippen molar-refractivity contribution in [1.29, 1.82) is 0 Å². The number of nitro groups is 1. The van der Waals surface area contributed by atoms with Crippen LogP contribution in [-0.4, -0.2) is 58.1 Å². The van der Waals surface area contributed by atoms with Gasteiger partial charge < -0.3 is 14.6 Å². The molecule has 37 heavy (non-hydrogen) atoms. The number of nitro benzene ring substituents is 1. The van der Waals surface area contributed by atoms with Gasteiger partial charge in [-0.3, -0.25) is 15.0 Å². The highest BCUT2D eigenvalue weighted by atomic mass is 16.6. The van der Waals surface area contributed by atoms with Crippen LogP contribution in [0.5, 0.6) is 0 Å². The van der Waals surface area contributed by atoms with E-state index in [1.807, 2.05) is 68.0 Å². The summed E-state index contributed by atoms with van der Waals surface area (Å²) in [6, 6.07) is 10.9. The second-order valence-corrected chi connectivity index (χ2v) is 8.72. The molecule has 0 aliphatic carbocycles. The number of aromatic nitrogens is 3. The topological polar surface area (TPSA) is 115 Å². The lowest BCUT2D eigenvalue weighted by Gasteiger charge is -2.12. The standard InChI is InChI=1S/C27H26N6O4/c1-17-13-18(9-8-12-31(2)3)24(33(35)36)14-22(17)29-27-28-15-20(26(34)37-5)25(30-27)21-16-32(4)23-11-7-6-10-19(21)23/h6-7,10-11,13-16H,12H2,1-5H3,(H,28,29,30). The van der Waals surface area contributed by atoms with Crippen molar-refractivity contribution in [3.63, 3.8) is 0 Å². The van der Waals surface area contributed by atoms with Gasteiger partial charge in [0.1, 0.15) is 11.1 Å². The highest BCUT2D eigenvalue weighted by molar-refractivity contribution is 6.02. The monoisotopic (exact) mass is 498 g/mol. The Kier molecular flexibility index (Phi) is 7.18. The van der Waals surface area contributed by atoms with E-state index >= 15 is 0 Å². The average Bonchev–Trinajstić information content (AvgIpc) is 3.21. The predicted molar refractivity (Wildman–Crippen MR) is 142 cm³/mol. The van der Waals surface area contributed by atoms with Gasteiger partial charge >= 0.3 is 5.97 Å². The van der Waals surface area contributed by atoms with Crippen LogP contribution < -0.4 is 5.32 Å². The molecular weight excluding hydrogens is 472 g/mol. The van der Waals surface area contributed by atoms with Crippen LogP contribution in [0.1, 0.15) is 21.5 Å². The van der Waals surface area contributed by atoms with Gasteiger partial charge in [-0.25, -0.2) is 14.8 Å². The van der Waals surface area contributed by atoms with Crippen LogP contribution in [0, 0.1) is 28.9 Å². The van der Waals surface area contributed by atoms with Crippen molar-refractivity contribution in [3.05, 3.63) is 75.6 Å². The molecular formula is C27H26N6O4. The summed E-state index contributed by atoms with van der Waals surface area (Å²) < 4.78 is 6.91. The fourth-order valence-corrected chi connectivity index (χ4v) is 3.93. The second-order valence-electron chi connectivity index (χ2n) is 8.72. The molecule has 0 bridgehead atoms. The van der Waals surface area contributed by atoms with Gasteiger partial charge in [-0.05, 0) is 38.7 Å². The second kappa shape index (κ2) is 10.5. The minimum absolute atomic E-state index is 0.125. The molecule has 0 atom stereocenters. The van der Waals surface area contributed by atoms with Gasteiger partial charge in [0.05, 0.1) is 30.0 Å². The SMILES string of the molecule is COC(=O)c1cnc(Nc2cc([N+](=O)[O-])c(C#CCN(C)C)cc2C)nc1-c1cn(C)c2ccccc12. The minimum atomic E-state index is -0.568. The van der Waals surface area contributed by atoms with Crippen LogP contribution in [0.15, 0.2) is 48.8 Å². The quantitative estimate of drug-likeness (QED) is 0.181. The van der Waals surface area contributed by atoms with E-state index in [0.717, 1.165) is 22.0 Å². The number of nitrogens with zero attached hydrogens (tertiary/aromatic N) is 5. The van der Waals surface area contributed by atoms with Crippen LogP contribution in [0.3, 0.4) is 0 Å². The number of ether oxygens (including phenoxy) is 1. The largest absolute Gasteiger partial charge is 0.465 e. The maximum atomic E-state index is 12.5. The van der Waals surface area contributed by atoms with Crippen LogP contribution in [0.4, 0.5) is 17.3 Å². The van der Waals surface area contributed by atoms with Crippen molar-refractivity contribution in [3.8, 4) is 23.1 Å².